The highest BCUT2D eigenvalue weighted by Crippen LogP contribution is 2.16. The second-order valence-corrected chi connectivity index (χ2v) is 2.94. The van der Waals surface area contributed by atoms with Crippen molar-refractivity contribution >= 4 is 23.3 Å². The Morgan fingerprint density at radius 1 is 1.38 bits per heavy atom. The van der Waals surface area contributed by atoms with Gasteiger partial charge in [-0.15, -0.1) is 0 Å². The summed E-state index contributed by atoms with van der Waals surface area (Å²) in [5.41, 5.74) is 0.105. The molecule has 7 heteroatoms. The van der Waals surface area contributed by atoms with Crippen LogP contribution in [-0.4, -0.2) is 16.9 Å². The molecule has 0 saturated heterocycles. The number of hydrogen-bond acceptors (Lipinski definition) is 4. The normalized spacial score (nSPS) is 9.31. The average Bonchev–Trinajstić information content (AvgIpc) is 2.16. The Bertz CT molecular complexity index is 444. The molecule has 0 aromatic heterocycles. The van der Waals surface area contributed by atoms with Gasteiger partial charge < -0.3 is 5.32 Å². The number of amides is 3. The van der Waals surface area contributed by atoms with Gasteiger partial charge in [-0.3, -0.25) is 20.2 Å². The van der Waals surface area contributed by atoms with E-state index in [1.165, 1.54) is 31.2 Å². The summed E-state index contributed by atoms with van der Waals surface area (Å²) < 4.78 is 0. The Hall–Kier alpha value is -2.44. The van der Waals surface area contributed by atoms with Gasteiger partial charge in [0, 0.05) is 24.7 Å². The fourth-order valence-corrected chi connectivity index (χ4v) is 1.02. The molecule has 0 spiro atoms. The second-order valence-electron chi connectivity index (χ2n) is 2.94. The third kappa shape index (κ3) is 3.37. The molecule has 84 valence electrons. The van der Waals surface area contributed by atoms with Gasteiger partial charge in [-0.2, -0.15) is 0 Å². The minimum Gasteiger partial charge on any atom is -0.307 e. The summed E-state index contributed by atoms with van der Waals surface area (Å²) in [6.07, 6.45) is 0. The van der Waals surface area contributed by atoms with Gasteiger partial charge >= 0.3 is 6.03 Å². The van der Waals surface area contributed by atoms with Gasteiger partial charge in [0.2, 0.25) is 5.91 Å². The van der Waals surface area contributed by atoms with Gasteiger partial charge in [0.1, 0.15) is 0 Å². The zero-order chi connectivity index (χ0) is 12.1. The van der Waals surface area contributed by atoms with Gasteiger partial charge in [0.15, 0.2) is 0 Å². The van der Waals surface area contributed by atoms with Crippen molar-refractivity contribution in [2.45, 2.75) is 6.92 Å². The predicted molar refractivity (Wildman–Crippen MR) is 55.9 cm³/mol. The number of nitro benzene ring substituents is 1. The molecular formula is C9H9N3O4. The SMILES string of the molecule is CC(=O)NC(=O)Nc1cccc([N+](=O)[O-])c1. The summed E-state index contributed by atoms with van der Waals surface area (Å²) >= 11 is 0. The molecule has 0 aliphatic rings. The molecule has 1 aromatic carbocycles. The van der Waals surface area contributed by atoms with Crippen molar-refractivity contribution in [2.75, 3.05) is 5.32 Å². The number of benzene rings is 1. The van der Waals surface area contributed by atoms with Crippen molar-refractivity contribution in [2.24, 2.45) is 0 Å². The highest BCUT2D eigenvalue weighted by molar-refractivity contribution is 6.00. The Labute approximate surface area is 90.6 Å². The van der Waals surface area contributed by atoms with Crippen LogP contribution in [0.15, 0.2) is 24.3 Å². The smallest absolute Gasteiger partial charge is 0.307 e. The van der Waals surface area contributed by atoms with E-state index >= 15 is 0 Å². The number of imide groups is 1. The standard InChI is InChI=1S/C9H9N3O4/c1-6(13)10-9(14)11-7-3-2-4-8(5-7)12(15)16/h2-5H,1H3,(H2,10,11,13,14). The van der Waals surface area contributed by atoms with E-state index in [1.807, 2.05) is 5.32 Å². The Kier molecular flexibility index (Phi) is 3.54. The summed E-state index contributed by atoms with van der Waals surface area (Å²) in [6, 6.07) is 4.68. The fourth-order valence-electron chi connectivity index (χ4n) is 1.02. The number of nitrogens with zero attached hydrogens (tertiary/aromatic N) is 1. The van der Waals surface area contributed by atoms with Crippen molar-refractivity contribution in [1.82, 2.24) is 5.32 Å². The minimum absolute atomic E-state index is 0.138. The lowest BCUT2D eigenvalue weighted by atomic mass is 10.3. The summed E-state index contributed by atoms with van der Waals surface area (Å²) in [5, 5.41) is 14.7. The zero-order valence-electron chi connectivity index (χ0n) is 8.39. The highest BCUT2D eigenvalue weighted by atomic mass is 16.6. The molecule has 0 saturated carbocycles. The molecule has 1 rings (SSSR count). The number of rotatable bonds is 2. The molecule has 0 unspecified atom stereocenters. The molecule has 0 radical (unpaired) electrons. The van der Waals surface area contributed by atoms with E-state index in [2.05, 4.69) is 5.32 Å². The van der Waals surface area contributed by atoms with E-state index in [-0.39, 0.29) is 11.4 Å². The van der Waals surface area contributed by atoms with Gasteiger partial charge in [-0.05, 0) is 6.07 Å². The van der Waals surface area contributed by atoms with E-state index in [1.54, 1.807) is 0 Å². The molecule has 2 N–H and O–H groups in total. The molecule has 0 aliphatic carbocycles. The fraction of sp³-hybridized carbons (Fsp3) is 0.111. The Morgan fingerprint density at radius 2 is 2.06 bits per heavy atom. The van der Waals surface area contributed by atoms with Crippen LogP contribution < -0.4 is 10.6 Å². The number of carbonyl (C=O) groups excluding carboxylic acids is 2. The molecule has 0 aliphatic heterocycles. The van der Waals surface area contributed by atoms with Gasteiger partial charge in [0.05, 0.1) is 4.92 Å². The van der Waals surface area contributed by atoms with E-state index in [0.29, 0.717) is 0 Å². The van der Waals surface area contributed by atoms with Gasteiger partial charge in [-0.25, -0.2) is 4.79 Å². The number of nitro groups is 1. The first-order chi connectivity index (χ1) is 7.49. The largest absolute Gasteiger partial charge is 0.325 e. The number of anilines is 1. The van der Waals surface area contributed by atoms with E-state index in [0.717, 1.165) is 0 Å². The first-order valence-electron chi connectivity index (χ1n) is 4.32. The number of nitrogens with one attached hydrogen (secondary N) is 2. The van der Waals surface area contributed by atoms with Crippen LogP contribution in [-0.2, 0) is 4.79 Å². The van der Waals surface area contributed by atoms with Gasteiger partial charge in [-0.1, -0.05) is 6.07 Å². The third-order valence-electron chi connectivity index (χ3n) is 1.60. The van der Waals surface area contributed by atoms with Crippen molar-refractivity contribution in [3.63, 3.8) is 0 Å². The van der Waals surface area contributed by atoms with Crippen LogP contribution in [0, 0.1) is 10.1 Å². The van der Waals surface area contributed by atoms with Crippen molar-refractivity contribution < 1.29 is 14.5 Å². The summed E-state index contributed by atoms with van der Waals surface area (Å²) in [7, 11) is 0. The monoisotopic (exact) mass is 223 g/mol. The lowest BCUT2D eigenvalue weighted by molar-refractivity contribution is -0.384. The molecule has 16 heavy (non-hydrogen) atoms. The summed E-state index contributed by atoms with van der Waals surface area (Å²) in [5.74, 6) is -0.511. The van der Waals surface area contributed by atoms with Crippen LogP contribution >= 0.6 is 0 Å². The van der Waals surface area contributed by atoms with Crippen LogP contribution in [0.5, 0.6) is 0 Å². The van der Waals surface area contributed by atoms with Crippen LogP contribution in [0.25, 0.3) is 0 Å². The summed E-state index contributed by atoms with van der Waals surface area (Å²) in [4.78, 5) is 31.5. The van der Waals surface area contributed by atoms with E-state index in [9.17, 15) is 19.7 Å². The molecule has 0 heterocycles. The second kappa shape index (κ2) is 4.87. The van der Waals surface area contributed by atoms with Crippen molar-refractivity contribution in [3.05, 3.63) is 34.4 Å². The Balaban J connectivity index is 2.74. The zero-order valence-corrected chi connectivity index (χ0v) is 8.39. The minimum atomic E-state index is -0.729. The highest BCUT2D eigenvalue weighted by Gasteiger charge is 2.08. The maximum absolute atomic E-state index is 11.1. The molecule has 3 amide bonds. The average molecular weight is 223 g/mol. The molecular weight excluding hydrogens is 214 g/mol. The quantitative estimate of drug-likeness (QED) is 0.582. The molecule has 0 atom stereocenters. The van der Waals surface area contributed by atoms with E-state index < -0.39 is 16.9 Å². The Morgan fingerprint density at radius 3 is 2.62 bits per heavy atom. The van der Waals surface area contributed by atoms with Crippen LogP contribution in [0.3, 0.4) is 0 Å². The molecule has 0 fully saturated rings. The van der Waals surface area contributed by atoms with Crippen molar-refractivity contribution in [1.29, 1.82) is 0 Å². The number of urea groups is 1. The van der Waals surface area contributed by atoms with Crippen molar-refractivity contribution in [3.8, 4) is 0 Å². The lowest BCUT2D eigenvalue weighted by Gasteiger charge is -2.04. The third-order valence-corrected chi connectivity index (χ3v) is 1.60. The maximum atomic E-state index is 11.1. The molecule has 0 bridgehead atoms. The predicted octanol–water partition coefficient (Wildman–Crippen LogP) is 1.26. The van der Waals surface area contributed by atoms with Crippen LogP contribution in [0.1, 0.15) is 6.92 Å². The number of hydrogen-bond donors (Lipinski definition) is 2. The van der Waals surface area contributed by atoms with E-state index in [4.69, 9.17) is 0 Å². The first kappa shape index (κ1) is 11.6. The number of carbonyl (C=O) groups is 2. The summed E-state index contributed by atoms with van der Waals surface area (Å²) in [6.45, 7) is 1.19. The van der Waals surface area contributed by atoms with Crippen LogP contribution in [0.4, 0.5) is 16.2 Å². The molecule has 7 nitrogen and oxygen atoms in total. The number of non-ortho nitro benzene ring substituents is 1. The lowest BCUT2D eigenvalue weighted by Crippen LogP contribution is -2.32. The first-order valence-corrected chi connectivity index (χ1v) is 4.32. The molecule has 1 aromatic rings. The van der Waals surface area contributed by atoms with Gasteiger partial charge in [0.25, 0.3) is 5.69 Å². The maximum Gasteiger partial charge on any atom is 0.325 e. The van der Waals surface area contributed by atoms with Crippen LogP contribution in [0.2, 0.25) is 0 Å². The topological polar surface area (TPSA) is 101 Å².